The van der Waals surface area contributed by atoms with Gasteiger partial charge in [0.1, 0.15) is 18.9 Å². The number of carbonyl (C=O) groups is 3. The lowest BCUT2D eigenvalue weighted by atomic mass is 10.1. The SMILES string of the molecule is CCOC(=O)CCN1CC(=O)N(CC)c2ccc(OCc3ccc(C#N)cc3)cc2C1=O. The Hall–Kier alpha value is -3.86. The van der Waals surface area contributed by atoms with E-state index in [1.165, 1.54) is 4.90 Å². The van der Waals surface area contributed by atoms with Gasteiger partial charge in [-0.1, -0.05) is 12.1 Å². The van der Waals surface area contributed by atoms with Crippen LogP contribution in [0.2, 0.25) is 0 Å². The molecule has 0 radical (unpaired) electrons. The Morgan fingerprint density at radius 1 is 1.12 bits per heavy atom. The molecule has 0 fully saturated rings. The number of likely N-dealkylation sites (N-methyl/N-ethyl adjacent to an activating group) is 1. The molecule has 166 valence electrons. The lowest BCUT2D eigenvalue weighted by Crippen LogP contribution is -2.40. The quantitative estimate of drug-likeness (QED) is 0.591. The van der Waals surface area contributed by atoms with Gasteiger partial charge in [-0.2, -0.15) is 5.26 Å². The number of carbonyl (C=O) groups excluding carboxylic acids is 3. The number of nitrogens with zero attached hydrogens (tertiary/aromatic N) is 3. The second-order valence-electron chi connectivity index (χ2n) is 7.20. The summed E-state index contributed by atoms with van der Waals surface area (Å²) in [7, 11) is 0. The standard InChI is InChI=1S/C24H25N3O5/c1-3-27-21-10-9-19(32-16-18-7-5-17(14-25)6-8-18)13-20(21)24(30)26(15-22(27)28)12-11-23(29)31-4-2/h5-10,13H,3-4,11-12,15-16H2,1-2H3. The van der Waals surface area contributed by atoms with Crippen LogP contribution in [0, 0.1) is 11.3 Å². The highest BCUT2D eigenvalue weighted by Gasteiger charge is 2.31. The van der Waals surface area contributed by atoms with Gasteiger partial charge in [0.15, 0.2) is 0 Å². The average molecular weight is 435 g/mol. The zero-order valence-electron chi connectivity index (χ0n) is 18.2. The van der Waals surface area contributed by atoms with Crippen LogP contribution in [0.15, 0.2) is 42.5 Å². The van der Waals surface area contributed by atoms with E-state index in [1.807, 2.05) is 19.1 Å². The number of rotatable bonds is 8. The van der Waals surface area contributed by atoms with E-state index in [-0.39, 0.29) is 44.5 Å². The van der Waals surface area contributed by atoms with Crippen LogP contribution in [-0.4, -0.2) is 48.9 Å². The number of benzene rings is 2. The van der Waals surface area contributed by atoms with Gasteiger partial charge in [0.05, 0.1) is 35.9 Å². The van der Waals surface area contributed by atoms with Gasteiger partial charge in [-0.15, -0.1) is 0 Å². The lowest BCUT2D eigenvalue weighted by Gasteiger charge is -2.21. The Labute approximate surface area is 186 Å². The van der Waals surface area contributed by atoms with Crippen molar-refractivity contribution in [2.24, 2.45) is 0 Å². The average Bonchev–Trinajstić information content (AvgIpc) is 2.90. The first-order valence-electron chi connectivity index (χ1n) is 10.5. The van der Waals surface area contributed by atoms with Gasteiger partial charge in [0, 0.05) is 13.1 Å². The lowest BCUT2D eigenvalue weighted by molar-refractivity contribution is -0.143. The second-order valence-corrected chi connectivity index (χ2v) is 7.20. The smallest absolute Gasteiger partial charge is 0.307 e. The highest BCUT2D eigenvalue weighted by molar-refractivity contribution is 6.09. The molecule has 0 N–H and O–H groups in total. The van der Waals surface area contributed by atoms with Crippen molar-refractivity contribution in [2.45, 2.75) is 26.9 Å². The molecule has 2 aromatic rings. The Kier molecular flexibility index (Phi) is 7.45. The van der Waals surface area contributed by atoms with Crippen LogP contribution < -0.4 is 9.64 Å². The molecule has 3 rings (SSSR count). The van der Waals surface area contributed by atoms with Crippen molar-refractivity contribution in [2.75, 3.05) is 31.1 Å². The molecule has 8 nitrogen and oxygen atoms in total. The molecule has 0 saturated heterocycles. The summed E-state index contributed by atoms with van der Waals surface area (Å²) in [5, 5.41) is 8.90. The fourth-order valence-electron chi connectivity index (χ4n) is 3.47. The first-order chi connectivity index (χ1) is 15.5. The van der Waals surface area contributed by atoms with Crippen LogP contribution in [0.25, 0.3) is 0 Å². The first-order valence-corrected chi connectivity index (χ1v) is 10.5. The maximum Gasteiger partial charge on any atom is 0.307 e. The minimum absolute atomic E-state index is 0.0171. The van der Waals surface area contributed by atoms with Crippen molar-refractivity contribution in [3.8, 4) is 11.8 Å². The van der Waals surface area contributed by atoms with Crippen molar-refractivity contribution in [3.63, 3.8) is 0 Å². The number of nitriles is 1. The highest BCUT2D eigenvalue weighted by atomic mass is 16.5. The van der Waals surface area contributed by atoms with Gasteiger partial charge < -0.3 is 19.3 Å². The Morgan fingerprint density at radius 3 is 2.53 bits per heavy atom. The van der Waals surface area contributed by atoms with Gasteiger partial charge >= 0.3 is 5.97 Å². The Morgan fingerprint density at radius 2 is 1.88 bits per heavy atom. The largest absolute Gasteiger partial charge is 0.489 e. The maximum atomic E-state index is 13.2. The van der Waals surface area contributed by atoms with Crippen molar-refractivity contribution in [1.82, 2.24) is 4.90 Å². The van der Waals surface area contributed by atoms with Crippen LogP contribution in [0.3, 0.4) is 0 Å². The van der Waals surface area contributed by atoms with E-state index in [0.29, 0.717) is 29.1 Å². The molecule has 0 saturated carbocycles. The third kappa shape index (κ3) is 5.24. The van der Waals surface area contributed by atoms with E-state index in [2.05, 4.69) is 6.07 Å². The fraction of sp³-hybridized carbons (Fsp3) is 0.333. The first kappa shape index (κ1) is 22.8. The summed E-state index contributed by atoms with van der Waals surface area (Å²) in [5.41, 5.74) is 2.31. The summed E-state index contributed by atoms with van der Waals surface area (Å²) >= 11 is 0. The summed E-state index contributed by atoms with van der Waals surface area (Å²) in [6.45, 7) is 4.48. The van der Waals surface area contributed by atoms with E-state index in [4.69, 9.17) is 14.7 Å². The molecule has 1 heterocycles. The zero-order valence-corrected chi connectivity index (χ0v) is 18.2. The molecule has 0 aromatic heterocycles. The number of hydrogen-bond acceptors (Lipinski definition) is 6. The topological polar surface area (TPSA) is 99.9 Å². The van der Waals surface area contributed by atoms with E-state index >= 15 is 0 Å². The summed E-state index contributed by atoms with van der Waals surface area (Å²) in [5.74, 6) is -0.478. The van der Waals surface area contributed by atoms with E-state index in [0.717, 1.165) is 5.56 Å². The molecule has 0 bridgehead atoms. The van der Waals surface area contributed by atoms with Crippen molar-refractivity contribution < 1.29 is 23.9 Å². The van der Waals surface area contributed by atoms with Gasteiger partial charge in [0.2, 0.25) is 5.91 Å². The van der Waals surface area contributed by atoms with Crippen molar-refractivity contribution in [1.29, 1.82) is 5.26 Å². The molecule has 2 amide bonds. The van der Waals surface area contributed by atoms with E-state index in [9.17, 15) is 14.4 Å². The molecular formula is C24H25N3O5. The van der Waals surface area contributed by atoms with Crippen molar-refractivity contribution in [3.05, 3.63) is 59.2 Å². The van der Waals surface area contributed by atoms with Crippen molar-refractivity contribution >= 4 is 23.5 Å². The van der Waals surface area contributed by atoms with Gasteiger partial charge in [-0.3, -0.25) is 14.4 Å². The van der Waals surface area contributed by atoms with Gasteiger partial charge in [-0.25, -0.2) is 0 Å². The summed E-state index contributed by atoms with van der Waals surface area (Å²) in [4.78, 5) is 40.6. The van der Waals surface area contributed by atoms with Crippen LogP contribution in [-0.2, 0) is 20.9 Å². The molecule has 0 unspecified atom stereocenters. The van der Waals surface area contributed by atoms with E-state index < -0.39 is 5.97 Å². The highest BCUT2D eigenvalue weighted by Crippen LogP contribution is 2.30. The molecule has 0 aliphatic carbocycles. The second kappa shape index (κ2) is 10.4. The third-order valence-corrected chi connectivity index (χ3v) is 5.10. The number of amides is 2. The molecular weight excluding hydrogens is 410 g/mol. The van der Waals surface area contributed by atoms with Crippen LogP contribution >= 0.6 is 0 Å². The molecule has 1 aliphatic rings. The molecule has 0 spiro atoms. The number of anilines is 1. The van der Waals surface area contributed by atoms with E-state index in [1.54, 1.807) is 42.2 Å². The van der Waals surface area contributed by atoms with Crippen LogP contribution in [0.1, 0.15) is 41.8 Å². The normalized spacial score (nSPS) is 13.3. The van der Waals surface area contributed by atoms with Gasteiger partial charge in [-0.05, 0) is 49.7 Å². The van der Waals surface area contributed by atoms with Crippen LogP contribution in [0.5, 0.6) is 5.75 Å². The minimum atomic E-state index is -0.413. The zero-order chi connectivity index (χ0) is 23.1. The number of ether oxygens (including phenoxy) is 2. The molecule has 0 atom stereocenters. The summed E-state index contributed by atoms with van der Waals surface area (Å²) in [6.07, 6.45) is 0.0171. The Balaban J connectivity index is 1.81. The Bertz CT molecular complexity index is 1040. The maximum absolute atomic E-state index is 13.2. The predicted octanol–water partition coefficient (Wildman–Crippen LogP) is 2.90. The number of esters is 1. The molecule has 2 aromatic carbocycles. The molecule has 1 aliphatic heterocycles. The summed E-state index contributed by atoms with van der Waals surface area (Å²) < 4.78 is 10.8. The molecule has 8 heteroatoms. The number of fused-ring (bicyclic) bond motifs is 1. The predicted molar refractivity (Wildman–Crippen MR) is 117 cm³/mol. The molecule has 32 heavy (non-hydrogen) atoms. The van der Waals surface area contributed by atoms with Crippen LogP contribution in [0.4, 0.5) is 5.69 Å². The number of hydrogen-bond donors (Lipinski definition) is 0. The fourth-order valence-corrected chi connectivity index (χ4v) is 3.47. The monoisotopic (exact) mass is 435 g/mol. The third-order valence-electron chi connectivity index (χ3n) is 5.10. The van der Waals surface area contributed by atoms with Gasteiger partial charge in [0.25, 0.3) is 5.91 Å². The summed E-state index contributed by atoms with van der Waals surface area (Å²) in [6, 6.07) is 14.2. The minimum Gasteiger partial charge on any atom is -0.489 e.